The number of likely N-dealkylation sites (tertiary alicyclic amines) is 1. The molecule has 1 fully saturated rings. The highest BCUT2D eigenvalue weighted by atomic mass is 32.1. The van der Waals surface area contributed by atoms with E-state index in [4.69, 9.17) is 0 Å². The van der Waals surface area contributed by atoms with Crippen molar-refractivity contribution in [2.75, 3.05) is 19.6 Å². The smallest absolute Gasteiger partial charge is 0.264 e. The molecule has 0 saturated carbocycles. The van der Waals surface area contributed by atoms with E-state index < -0.39 is 0 Å². The first-order chi connectivity index (χ1) is 9.22. The quantitative estimate of drug-likeness (QED) is 0.893. The molecule has 1 atom stereocenters. The number of carbonyl (C=O) groups excluding carboxylic acids is 1. The monoisotopic (exact) mass is 282 g/mol. The van der Waals surface area contributed by atoms with Gasteiger partial charge in [-0.3, -0.25) is 9.69 Å². The Morgan fingerprint density at radius 3 is 3.11 bits per heavy atom. The minimum absolute atomic E-state index is 0.0310. The molecule has 1 N–H and O–H groups in total. The molecule has 1 aromatic heterocycles. The first-order valence-corrected chi connectivity index (χ1v) is 7.83. The Labute approximate surface area is 118 Å². The molecule has 0 radical (unpaired) electrons. The van der Waals surface area contributed by atoms with Crippen molar-refractivity contribution in [3.8, 4) is 0 Å². The van der Waals surface area contributed by atoms with Crippen LogP contribution in [0, 0.1) is 0 Å². The summed E-state index contributed by atoms with van der Waals surface area (Å²) in [6.07, 6.45) is 4.63. The minimum Gasteiger partial charge on any atom is -0.350 e. The molecule has 5 nitrogen and oxygen atoms in total. The molecule has 0 aliphatic carbocycles. The van der Waals surface area contributed by atoms with Crippen LogP contribution in [0.25, 0.3) is 0 Å². The number of rotatable bonds is 5. The van der Waals surface area contributed by atoms with E-state index in [1.807, 2.05) is 6.92 Å². The predicted octanol–water partition coefficient (Wildman–Crippen LogP) is 1.70. The minimum atomic E-state index is -0.0310. The van der Waals surface area contributed by atoms with Gasteiger partial charge in [0.25, 0.3) is 5.91 Å². The van der Waals surface area contributed by atoms with E-state index >= 15 is 0 Å². The average Bonchev–Trinajstić information content (AvgIpc) is 2.89. The van der Waals surface area contributed by atoms with Crippen LogP contribution >= 0.6 is 11.5 Å². The van der Waals surface area contributed by atoms with E-state index in [1.54, 1.807) is 0 Å². The van der Waals surface area contributed by atoms with Crippen LogP contribution in [-0.4, -0.2) is 46.1 Å². The standard InChI is InChI=1S/C13H22N4OS/c1-3-11-12(19-16-15-11)13(18)14-7-9-17-8-5-4-6-10(17)2/h10H,3-9H2,1-2H3,(H,14,18)/t10-/m1/s1. The molecule has 0 unspecified atom stereocenters. The van der Waals surface area contributed by atoms with Gasteiger partial charge in [0.15, 0.2) is 0 Å². The summed E-state index contributed by atoms with van der Waals surface area (Å²) in [5.74, 6) is -0.0310. The van der Waals surface area contributed by atoms with Crippen molar-refractivity contribution in [2.24, 2.45) is 0 Å². The fraction of sp³-hybridized carbons (Fsp3) is 0.769. The fourth-order valence-electron chi connectivity index (χ4n) is 2.50. The lowest BCUT2D eigenvalue weighted by atomic mass is 10.0. The highest BCUT2D eigenvalue weighted by molar-refractivity contribution is 7.08. The van der Waals surface area contributed by atoms with E-state index in [-0.39, 0.29) is 5.91 Å². The van der Waals surface area contributed by atoms with Crippen molar-refractivity contribution in [3.05, 3.63) is 10.6 Å². The van der Waals surface area contributed by atoms with Gasteiger partial charge in [-0.2, -0.15) is 0 Å². The molecular formula is C13H22N4OS. The van der Waals surface area contributed by atoms with Gasteiger partial charge in [-0.1, -0.05) is 17.8 Å². The lowest BCUT2D eigenvalue weighted by Gasteiger charge is -2.33. The summed E-state index contributed by atoms with van der Waals surface area (Å²) in [6, 6.07) is 0.641. The zero-order valence-corrected chi connectivity index (χ0v) is 12.5. The van der Waals surface area contributed by atoms with Gasteiger partial charge in [0.1, 0.15) is 4.88 Å². The summed E-state index contributed by atoms with van der Waals surface area (Å²) in [5.41, 5.74) is 0.800. The second kappa shape index (κ2) is 6.96. The van der Waals surface area contributed by atoms with E-state index in [1.165, 1.54) is 30.8 Å². The van der Waals surface area contributed by atoms with Crippen molar-refractivity contribution < 1.29 is 4.79 Å². The van der Waals surface area contributed by atoms with E-state index in [9.17, 15) is 4.79 Å². The van der Waals surface area contributed by atoms with Crippen LogP contribution in [0.1, 0.15) is 48.5 Å². The van der Waals surface area contributed by atoms with Crippen LogP contribution in [-0.2, 0) is 6.42 Å². The third kappa shape index (κ3) is 3.73. The third-order valence-electron chi connectivity index (χ3n) is 3.72. The summed E-state index contributed by atoms with van der Waals surface area (Å²) < 4.78 is 3.84. The molecule has 1 saturated heterocycles. The number of hydrogen-bond acceptors (Lipinski definition) is 5. The number of carbonyl (C=O) groups is 1. The molecule has 1 aromatic rings. The highest BCUT2D eigenvalue weighted by Gasteiger charge is 2.19. The van der Waals surface area contributed by atoms with Gasteiger partial charge < -0.3 is 5.32 Å². The van der Waals surface area contributed by atoms with Crippen molar-refractivity contribution in [1.82, 2.24) is 19.8 Å². The Morgan fingerprint density at radius 2 is 2.37 bits per heavy atom. The second-order valence-corrected chi connectivity index (χ2v) is 5.79. The van der Waals surface area contributed by atoms with Gasteiger partial charge in [0, 0.05) is 19.1 Å². The molecule has 1 aliphatic heterocycles. The van der Waals surface area contributed by atoms with Crippen LogP contribution in [0.3, 0.4) is 0 Å². The zero-order chi connectivity index (χ0) is 13.7. The van der Waals surface area contributed by atoms with Gasteiger partial charge in [-0.25, -0.2) is 0 Å². The van der Waals surface area contributed by atoms with Gasteiger partial charge in [-0.05, 0) is 44.3 Å². The Hall–Kier alpha value is -1.01. The van der Waals surface area contributed by atoms with Crippen molar-refractivity contribution in [2.45, 2.75) is 45.6 Å². The number of aryl methyl sites for hydroxylation is 1. The number of aromatic nitrogens is 2. The summed E-state index contributed by atoms with van der Waals surface area (Å²) in [5, 5.41) is 6.94. The van der Waals surface area contributed by atoms with Crippen molar-refractivity contribution in [3.63, 3.8) is 0 Å². The highest BCUT2D eigenvalue weighted by Crippen LogP contribution is 2.15. The first-order valence-electron chi connectivity index (χ1n) is 7.05. The molecule has 1 amide bonds. The molecule has 2 rings (SSSR count). The Bertz CT molecular complexity index is 421. The molecule has 6 heteroatoms. The van der Waals surface area contributed by atoms with Crippen LogP contribution in [0.2, 0.25) is 0 Å². The van der Waals surface area contributed by atoms with E-state index in [0.29, 0.717) is 17.5 Å². The molecule has 2 heterocycles. The summed E-state index contributed by atoms with van der Waals surface area (Å²) >= 11 is 1.18. The maximum absolute atomic E-state index is 12.0. The Kier molecular flexibility index (Phi) is 5.27. The number of amides is 1. The van der Waals surface area contributed by atoms with Crippen molar-refractivity contribution in [1.29, 1.82) is 0 Å². The topological polar surface area (TPSA) is 58.1 Å². The Morgan fingerprint density at radius 1 is 1.53 bits per heavy atom. The van der Waals surface area contributed by atoms with Gasteiger partial charge >= 0.3 is 0 Å². The second-order valence-electron chi connectivity index (χ2n) is 5.04. The zero-order valence-electron chi connectivity index (χ0n) is 11.7. The number of hydrogen-bond donors (Lipinski definition) is 1. The Balaban J connectivity index is 1.77. The van der Waals surface area contributed by atoms with E-state index in [2.05, 4.69) is 26.7 Å². The normalized spacial score (nSPS) is 20.4. The number of piperidine rings is 1. The largest absolute Gasteiger partial charge is 0.350 e. The molecule has 106 valence electrons. The molecular weight excluding hydrogens is 260 g/mol. The SMILES string of the molecule is CCc1nnsc1C(=O)NCCN1CCCC[C@H]1C. The lowest BCUT2D eigenvalue weighted by molar-refractivity contribution is 0.0941. The lowest BCUT2D eigenvalue weighted by Crippen LogP contribution is -2.42. The fourth-order valence-corrected chi connectivity index (χ4v) is 3.16. The van der Waals surface area contributed by atoms with Crippen LogP contribution in [0.5, 0.6) is 0 Å². The molecule has 0 aromatic carbocycles. The van der Waals surface area contributed by atoms with Crippen molar-refractivity contribution >= 4 is 17.4 Å². The third-order valence-corrected chi connectivity index (χ3v) is 4.49. The predicted molar refractivity (Wildman–Crippen MR) is 76.5 cm³/mol. The summed E-state index contributed by atoms with van der Waals surface area (Å²) in [4.78, 5) is 15.1. The summed E-state index contributed by atoms with van der Waals surface area (Å²) in [7, 11) is 0. The molecule has 0 bridgehead atoms. The average molecular weight is 282 g/mol. The van der Waals surface area contributed by atoms with Gasteiger partial charge in [-0.15, -0.1) is 5.10 Å². The molecule has 19 heavy (non-hydrogen) atoms. The molecule has 1 aliphatic rings. The van der Waals surface area contributed by atoms with E-state index in [0.717, 1.165) is 25.2 Å². The first kappa shape index (κ1) is 14.4. The number of nitrogens with zero attached hydrogens (tertiary/aromatic N) is 3. The number of nitrogens with one attached hydrogen (secondary N) is 1. The van der Waals surface area contributed by atoms with Crippen LogP contribution < -0.4 is 5.32 Å². The maximum atomic E-state index is 12.0. The molecule has 0 spiro atoms. The summed E-state index contributed by atoms with van der Waals surface area (Å²) in [6.45, 7) is 7.04. The van der Waals surface area contributed by atoms with Gasteiger partial charge in [0.2, 0.25) is 0 Å². The van der Waals surface area contributed by atoms with Gasteiger partial charge in [0.05, 0.1) is 5.69 Å². The van der Waals surface area contributed by atoms with Crippen LogP contribution in [0.15, 0.2) is 0 Å². The maximum Gasteiger partial charge on any atom is 0.264 e. The van der Waals surface area contributed by atoms with Crippen LogP contribution in [0.4, 0.5) is 0 Å².